The maximum absolute atomic E-state index is 12.7. The monoisotopic (exact) mass is 308 g/mol. The van der Waals surface area contributed by atoms with E-state index < -0.39 is 0 Å². The van der Waals surface area contributed by atoms with Gasteiger partial charge in [-0.15, -0.1) is 12.4 Å². The Morgan fingerprint density at radius 2 is 2.00 bits per heavy atom. The van der Waals surface area contributed by atoms with Crippen molar-refractivity contribution in [2.24, 2.45) is 11.7 Å². The van der Waals surface area contributed by atoms with Gasteiger partial charge < -0.3 is 10.6 Å². The van der Waals surface area contributed by atoms with Crippen LogP contribution >= 0.6 is 12.4 Å². The molecule has 2 aliphatic rings. The van der Waals surface area contributed by atoms with E-state index in [0.717, 1.165) is 37.9 Å². The van der Waals surface area contributed by atoms with Crippen LogP contribution in [0.5, 0.6) is 0 Å². The Morgan fingerprint density at radius 3 is 2.76 bits per heavy atom. The van der Waals surface area contributed by atoms with Gasteiger partial charge in [0.15, 0.2) is 0 Å². The molecular weight excluding hydrogens is 284 g/mol. The number of nitrogens with zero attached hydrogens (tertiary/aromatic N) is 1. The van der Waals surface area contributed by atoms with Crippen LogP contribution in [0.1, 0.15) is 44.1 Å². The van der Waals surface area contributed by atoms with Gasteiger partial charge in [-0.05, 0) is 49.7 Å². The molecule has 1 heterocycles. The van der Waals surface area contributed by atoms with Crippen molar-refractivity contribution in [3.05, 3.63) is 29.8 Å². The lowest BCUT2D eigenvalue weighted by Crippen LogP contribution is -2.36. The molecule has 0 saturated heterocycles. The predicted octanol–water partition coefficient (Wildman–Crippen LogP) is 3.30. The van der Waals surface area contributed by atoms with E-state index in [2.05, 4.69) is 18.2 Å². The number of anilines is 1. The molecule has 3 nitrogen and oxygen atoms in total. The van der Waals surface area contributed by atoms with E-state index in [1.807, 2.05) is 11.0 Å². The highest BCUT2D eigenvalue weighted by molar-refractivity contribution is 5.94. The second kappa shape index (κ2) is 7.28. The summed E-state index contributed by atoms with van der Waals surface area (Å²) in [5.74, 6) is 0.652. The minimum Gasteiger partial charge on any atom is -0.327 e. The Balaban J connectivity index is 0.00000161. The fraction of sp³-hybridized carbons (Fsp3) is 0.588. The van der Waals surface area contributed by atoms with Gasteiger partial charge in [0.25, 0.3) is 0 Å². The van der Waals surface area contributed by atoms with Crippen molar-refractivity contribution in [3.8, 4) is 0 Å². The standard InChI is InChI=1S/C17H24N2O.ClH/c18-15-9-5-8-14(15)12-17(20)19-11-4-3-7-13-6-1-2-10-16(13)19;/h1-2,6,10,14-15H,3-5,7-9,11-12,18H2;1H/t14-,15+;/m0./s1. The third kappa shape index (κ3) is 3.58. The maximum atomic E-state index is 12.7. The number of carbonyl (C=O) groups excluding carboxylic acids is 1. The van der Waals surface area contributed by atoms with E-state index in [1.165, 1.54) is 18.4 Å². The summed E-state index contributed by atoms with van der Waals surface area (Å²) in [5.41, 5.74) is 8.55. The number of halogens is 1. The summed E-state index contributed by atoms with van der Waals surface area (Å²) in [6.45, 7) is 0.859. The van der Waals surface area contributed by atoms with Gasteiger partial charge in [-0.2, -0.15) is 0 Å². The predicted molar refractivity (Wildman–Crippen MR) is 88.9 cm³/mol. The average molecular weight is 309 g/mol. The smallest absolute Gasteiger partial charge is 0.227 e. The number of rotatable bonds is 2. The van der Waals surface area contributed by atoms with Crippen LogP contribution in [0.25, 0.3) is 0 Å². The number of para-hydroxylation sites is 1. The second-order valence-corrected chi connectivity index (χ2v) is 6.19. The van der Waals surface area contributed by atoms with Gasteiger partial charge in [0.1, 0.15) is 0 Å². The molecule has 1 aliphatic carbocycles. The lowest BCUT2D eigenvalue weighted by molar-refractivity contribution is -0.119. The third-order valence-corrected chi connectivity index (χ3v) is 4.82. The molecular formula is C17H25ClN2O. The summed E-state index contributed by atoms with van der Waals surface area (Å²) in [4.78, 5) is 14.7. The highest BCUT2D eigenvalue weighted by atomic mass is 35.5. The van der Waals surface area contributed by atoms with E-state index in [0.29, 0.717) is 12.3 Å². The number of fused-ring (bicyclic) bond motifs is 1. The molecule has 1 saturated carbocycles. The zero-order chi connectivity index (χ0) is 13.9. The summed E-state index contributed by atoms with van der Waals surface area (Å²) in [6.07, 6.45) is 7.34. The summed E-state index contributed by atoms with van der Waals surface area (Å²) in [6, 6.07) is 8.57. The minimum atomic E-state index is 0. The molecule has 1 aromatic rings. The van der Waals surface area contributed by atoms with Crippen LogP contribution in [0.3, 0.4) is 0 Å². The normalized spacial score (nSPS) is 24.9. The zero-order valence-electron chi connectivity index (χ0n) is 12.5. The number of carbonyl (C=O) groups is 1. The fourth-order valence-electron chi connectivity index (χ4n) is 3.60. The number of aryl methyl sites for hydroxylation is 1. The van der Waals surface area contributed by atoms with E-state index in [4.69, 9.17) is 5.73 Å². The average Bonchev–Trinajstić information content (AvgIpc) is 2.75. The molecule has 2 atom stereocenters. The van der Waals surface area contributed by atoms with Gasteiger partial charge in [-0.3, -0.25) is 4.79 Å². The Morgan fingerprint density at radius 1 is 1.19 bits per heavy atom. The van der Waals surface area contributed by atoms with E-state index >= 15 is 0 Å². The zero-order valence-corrected chi connectivity index (χ0v) is 13.3. The molecule has 1 amide bonds. The largest absolute Gasteiger partial charge is 0.327 e. The number of hydrogen-bond acceptors (Lipinski definition) is 2. The van der Waals surface area contributed by atoms with Crippen LogP contribution in [0.15, 0.2) is 24.3 Å². The van der Waals surface area contributed by atoms with Gasteiger partial charge in [-0.1, -0.05) is 24.6 Å². The molecule has 1 fully saturated rings. The van der Waals surface area contributed by atoms with Crippen LogP contribution in [-0.4, -0.2) is 18.5 Å². The molecule has 2 N–H and O–H groups in total. The van der Waals surface area contributed by atoms with Crippen molar-refractivity contribution in [1.29, 1.82) is 0 Å². The van der Waals surface area contributed by atoms with Crippen molar-refractivity contribution in [3.63, 3.8) is 0 Å². The number of amides is 1. The van der Waals surface area contributed by atoms with Crippen LogP contribution in [0.4, 0.5) is 5.69 Å². The molecule has 1 aromatic carbocycles. The van der Waals surface area contributed by atoms with Crippen LogP contribution in [0, 0.1) is 5.92 Å². The van der Waals surface area contributed by atoms with E-state index in [-0.39, 0.29) is 24.4 Å². The maximum Gasteiger partial charge on any atom is 0.227 e. The summed E-state index contributed by atoms with van der Waals surface area (Å²) in [7, 11) is 0. The first-order chi connectivity index (χ1) is 9.75. The quantitative estimate of drug-likeness (QED) is 0.911. The summed E-state index contributed by atoms with van der Waals surface area (Å²) < 4.78 is 0. The van der Waals surface area contributed by atoms with Crippen LogP contribution < -0.4 is 10.6 Å². The molecule has 0 radical (unpaired) electrons. The van der Waals surface area contributed by atoms with E-state index in [1.54, 1.807) is 0 Å². The SMILES string of the molecule is Cl.N[C@@H]1CCC[C@H]1CC(=O)N1CCCCc2ccccc21. The Labute approximate surface area is 133 Å². The molecule has 116 valence electrons. The lowest BCUT2D eigenvalue weighted by Gasteiger charge is -2.25. The number of benzene rings is 1. The minimum absolute atomic E-state index is 0. The third-order valence-electron chi connectivity index (χ3n) is 4.82. The van der Waals surface area contributed by atoms with Gasteiger partial charge >= 0.3 is 0 Å². The van der Waals surface area contributed by atoms with Crippen molar-refractivity contribution in [1.82, 2.24) is 0 Å². The molecule has 3 rings (SSSR count). The first kappa shape index (κ1) is 16.3. The molecule has 21 heavy (non-hydrogen) atoms. The Kier molecular flexibility index (Phi) is 5.65. The van der Waals surface area contributed by atoms with Gasteiger partial charge in [-0.25, -0.2) is 0 Å². The highest BCUT2D eigenvalue weighted by Gasteiger charge is 2.29. The van der Waals surface area contributed by atoms with Gasteiger partial charge in [0.05, 0.1) is 0 Å². The first-order valence-corrected chi connectivity index (χ1v) is 7.89. The lowest BCUT2D eigenvalue weighted by atomic mass is 9.99. The molecule has 0 spiro atoms. The van der Waals surface area contributed by atoms with Crippen LogP contribution in [-0.2, 0) is 11.2 Å². The first-order valence-electron chi connectivity index (χ1n) is 7.89. The topological polar surface area (TPSA) is 46.3 Å². The van der Waals surface area contributed by atoms with Gasteiger partial charge in [0, 0.05) is 24.7 Å². The Bertz CT molecular complexity index is 491. The van der Waals surface area contributed by atoms with E-state index in [9.17, 15) is 4.79 Å². The highest BCUT2D eigenvalue weighted by Crippen LogP contribution is 2.31. The molecule has 1 aliphatic heterocycles. The number of nitrogens with two attached hydrogens (primary N) is 1. The summed E-state index contributed by atoms with van der Waals surface area (Å²) >= 11 is 0. The molecule has 0 aromatic heterocycles. The fourth-order valence-corrected chi connectivity index (χ4v) is 3.60. The molecule has 0 unspecified atom stereocenters. The molecule has 0 bridgehead atoms. The van der Waals surface area contributed by atoms with Crippen LogP contribution in [0.2, 0.25) is 0 Å². The Hall–Kier alpha value is -1.06. The second-order valence-electron chi connectivity index (χ2n) is 6.19. The van der Waals surface area contributed by atoms with Crippen molar-refractivity contribution >= 4 is 24.0 Å². The number of hydrogen-bond donors (Lipinski definition) is 1. The molecule has 4 heteroatoms. The van der Waals surface area contributed by atoms with Gasteiger partial charge in [0.2, 0.25) is 5.91 Å². The summed E-state index contributed by atoms with van der Waals surface area (Å²) in [5, 5.41) is 0. The van der Waals surface area contributed by atoms with Crippen molar-refractivity contribution < 1.29 is 4.79 Å². The van der Waals surface area contributed by atoms with Crippen molar-refractivity contribution in [2.45, 2.75) is 51.0 Å². The van der Waals surface area contributed by atoms with Crippen molar-refractivity contribution in [2.75, 3.05) is 11.4 Å².